The van der Waals surface area contributed by atoms with Gasteiger partial charge in [-0.25, -0.2) is 0 Å². The normalized spacial score (nSPS) is 21.2. The van der Waals surface area contributed by atoms with Crippen molar-refractivity contribution in [3.63, 3.8) is 0 Å². The van der Waals surface area contributed by atoms with E-state index in [1.165, 1.54) is 0 Å². The van der Waals surface area contributed by atoms with E-state index in [4.69, 9.17) is 0 Å². The van der Waals surface area contributed by atoms with E-state index in [1.807, 2.05) is 43.3 Å². The molecule has 1 aliphatic rings. The van der Waals surface area contributed by atoms with Crippen LogP contribution < -0.4 is 0 Å². The van der Waals surface area contributed by atoms with Gasteiger partial charge in [0.15, 0.2) is 0 Å². The molecule has 1 fully saturated rings. The molecular weight excluding hydrogens is 290 g/mol. The van der Waals surface area contributed by atoms with Crippen LogP contribution in [0.2, 0.25) is 0 Å². The van der Waals surface area contributed by atoms with Crippen LogP contribution >= 0.6 is 0 Å². The van der Waals surface area contributed by atoms with Gasteiger partial charge in [0.25, 0.3) is 0 Å². The maximum atomic E-state index is 12.3. The topological polar surface area (TPSA) is 69.2 Å². The summed E-state index contributed by atoms with van der Waals surface area (Å²) in [6.45, 7) is 2.89. The smallest absolute Gasteiger partial charge is 0.246 e. The SMILES string of the molecule is Cc1cc(C[C@@H]2CN(C(=O)/C=C/c3ccccc3)C[C@H]2O)n[nH]1. The molecule has 0 radical (unpaired) electrons. The number of aliphatic hydroxyl groups excluding tert-OH is 1. The van der Waals surface area contributed by atoms with Gasteiger partial charge in [0.05, 0.1) is 11.8 Å². The van der Waals surface area contributed by atoms with Gasteiger partial charge in [-0.05, 0) is 31.1 Å². The summed E-state index contributed by atoms with van der Waals surface area (Å²) in [5, 5.41) is 17.3. The first kappa shape index (κ1) is 15.5. The number of nitrogens with one attached hydrogen (secondary N) is 1. The average molecular weight is 311 g/mol. The van der Waals surface area contributed by atoms with E-state index in [-0.39, 0.29) is 11.8 Å². The highest BCUT2D eigenvalue weighted by molar-refractivity contribution is 5.92. The number of hydrogen-bond donors (Lipinski definition) is 2. The summed E-state index contributed by atoms with van der Waals surface area (Å²) >= 11 is 0. The number of rotatable bonds is 4. The Hall–Kier alpha value is -2.40. The van der Waals surface area contributed by atoms with Crippen molar-refractivity contribution in [2.24, 2.45) is 5.92 Å². The highest BCUT2D eigenvalue weighted by Crippen LogP contribution is 2.21. The van der Waals surface area contributed by atoms with Crippen LogP contribution in [0, 0.1) is 12.8 Å². The van der Waals surface area contributed by atoms with Crippen molar-refractivity contribution in [3.8, 4) is 0 Å². The van der Waals surface area contributed by atoms with Crippen LogP contribution in [0.1, 0.15) is 17.0 Å². The molecule has 120 valence electrons. The Labute approximate surface area is 135 Å². The molecule has 1 aliphatic heterocycles. The van der Waals surface area contributed by atoms with E-state index in [2.05, 4.69) is 10.2 Å². The zero-order chi connectivity index (χ0) is 16.2. The zero-order valence-electron chi connectivity index (χ0n) is 13.1. The number of carbonyl (C=O) groups is 1. The monoisotopic (exact) mass is 311 g/mol. The molecule has 5 heteroatoms. The third-order valence-electron chi connectivity index (χ3n) is 4.17. The summed E-state index contributed by atoms with van der Waals surface area (Å²) < 4.78 is 0. The average Bonchev–Trinajstić information content (AvgIpc) is 3.13. The molecule has 0 aliphatic carbocycles. The maximum absolute atomic E-state index is 12.3. The summed E-state index contributed by atoms with van der Waals surface area (Å²) in [5.74, 6) is -0.0274. The van der Waals surface area contributed by atoms with Crippen molar-refractivity contribution in [1.29, 1.82) is 0 Å². The molecule has 23 heavy (non-hydrogen) atoms. The quantitative estimate of drug-likeness (QED) is 0.846. The first-order valence-electron chi connectivity index (χ1n) is 7.83. The number of benzene rings is 1. The van der Waals surface area contributed by atoms with Gasteiger partial charge in [-0.3, -0.25) is 9.89 Å². The van der Waals surface area contributed by atoms with Crippen LogP contribution in [0.3, 0.4) is 0 Å². The summed E-state index contributed by atoms with van der Waals surface area (Å²) in [4.78, 5) is 14.0. The van der Waals surface area contributed by atoms with Gasteiger partial charge in [0.1, 0.15) is 0 Å². The lowest BCUT2D eigenvalue weighted by molar-refractivity contribution is -0.125. The number of H-pyrrole nitrogens is 1. The molecule has 1 aromatic carbocycles. The highest BCUT2D eigenvalue weighted by Gasteiger charge is 2.33. The van der Waals surface area contributed by atoms with E-state index >= 15 is 0 Å². The van der Waals surface area contributed by atoms with Gasteiger partial charge in [0.2, 0.25) is 5.91 Å². The van der Waals surface area contributed by atoms with Crippen molar-refractivity contribution in [1.82, 2.24) is 15.1 Å². The number of aryl methyl sites for hydroxylation is 1. The van der Waals surface area contributed by atoms with Crippen LogP contribution in [0.15, 0.2) is 42.5 Å². The Kier molecular flexibility index (Phi) is 4.57. The molecule has 1 saturated heterocycles. The van der Waals surface area contributed by atoms with Crippen molar-refractivity contribution in [2.75, 3.05) is 13.1 Å². The second-order valence-corrected chi connectivity index (χ2v) is 6.06. The van der Waals surface area contributed by atoms with E-state index in [0.717, 1.165) is 17.0 Å². The fourth-order valence-corrected chi connectivity index (χ4v) is 2.92. The van der Waals surface area contributed by atoms with Crippen molar-refractivity contribution >= 4 is 12.0 Å². The molecule has 5 nitrogen and oxygen atoms in total. The number of hydrogen-bond acceptors (Lipinski definition) is 3. The van der Waals surface area contributed by atoms with Gasteiger partial charge in [-0.1, -0.05) is 30.3 Å². The summed E-state index contributed by atoms with van der Waals surface area (Å²) in [5.41, 5.74) is 2.93. The second-order valence-electron chi connectivity index (χ2n) is 6.06. The first-order chi connectivity index (χ1) is 11.1. The molecule has 1 amide bonds. The van der Waals surface area contributed by atoms with Crippen LogP contribution in [0.4, 0.5) is 0 Å². The van der Waals surface area contributed by atoms with Crippen LogP contribution in [-0.4, -0.2) is 45.3 Å². The molecule has 3 rings (SSSR count). The number of likely N-dealkylation sites (tertiary alicyclic amines) is 1. The summed E-state index contributed by atoms with van der Waals surface area (Å²) in [6, 6.07) is 11.7. The fourth-order valence-electron chi connectivity index (χ4n) is 2.92. The minimum atomic E-state index is -0.499. The van der Waals surface area contributed by atoms with Crippen molar-refractivity contribution < 1.29 is 9.90 Å². The molecule has 1 aromatic heterocycles. The third kappa shape index (κ3) is 3.87. The van der Waals surface area contributed by atoms with Crippen LogP contribution in [-0.2, 0) is 11.2 Å². The number of aromatic nitrogens is 2. The van der Waals surface area contributed by atoms with E-state index in [9.17, 15) is 9.90 Å². The largest absolute Gasteiger partial charge is 0.391 e. The molecule has 0 unspecified atom stereocenters. The molecular formula is C18H21N3O2. The first-order valence-corrected chi connectivity index (χ1v) is 7.83. The zero-order valence-corrected chi connectivity index (χ0v) is 13.1. The lowest BCUT2D eigenvalue weighted by Gasteiger charge is -2.13. The molecule has 2 N–H and O–H groups in total. The minimum Gasteiger partial charge on any atom is -0.391 e. The Morgan fingerprint density at radius 2 is 2.17 bits per heavy atom. The molecule has 0 saturated carbocycles. The number of aliphatic hydroxyl groups is 1. The Morgan fingerprint density at radius 3 is 2.87 bits per heavy atom. The molecule has 2 aromatic rings. The molecule has 2 atom stereocenters. The fraction of sp³-hybridized carbons (Fsp3) is 0.333. The van der Waals surface area contributed by atoms with Crippen molar-refractivity contribution in [3.05, 3.63) is 59.4 Å². The lowest BCUT2D eigenvalue weighted by Crippen LogP contribution is -2.27. The Balaban J connectivity index is 1.59. The van der Waals surface area contributed by atoms with Crippen LogP contribution in [0.5, 0.6) is 0 Å². The number of β-amino-alcohol motifs (C(OH)–C–C–N with tert-alkyl or cyclic N) is 1. The molecule has 2 heterocycles. The predicted molar refractivity (Wildman–Crippen MR) is 88.6 cm³/mol. The number of nitrogens with zero attached hydrogens (tertiary/aromatic N) is 2. The minimum absolute atomic E-state index is 0.0341. The number of amides is 1. The van der Waals surface area contributed by atoms with Gasteiger partial charge < -0.3 is 10.0 Å². The predicted octanol–water partition coefficient (Wildman–Crippen LogP) is 1.79. The van der Waals surface area contributed by atoms with Crippen molar-refractivity contribution in [2.45, 2.75) is 19.4 Å². The van der Waals surface area contributed by atoms with E-state index in [0.29, 0.717) is 19.5 Å². The maximum Gasteiger partial charge on any atom is 0.246 e. The van der Waals surface area contributed by atoms with E-state index in [1.54, 1.807) is 17.1 Å². The van der Waals surface area contributed by atoms with Gasteiger partial charge >= 0.3 is 0 Å². The van der Waals surface area contributed by atoms with Gasteiger partial charge in [-0.2, -0.15) is 5.10 Å². The van der Waals surface area contributed by atoms with E-state index < -0.39 is 6.10 Å². The number of aromatic amines is 1. The summed E-state index contributed by atoms with van der Waals surface area (Å²) in [6.07, 6.45) is 3.56. The Morgan fingerprint density at radius 1 is 1.39 bits per heavy atom. The highest BCUT2D eigenvalue weighted by atomic mass is 16.3. The number of carbonyl (C=O) groups excluding carboxylic acids is 1. The van der Waals surface area contributed by atoms with Gasteiger partial charge in [-0.15, -0.1) is 0 Å². The Bertz CT molecular complexity index is 693. The third-order valence-corrected chi connectivity index (χ3v) is 4.17. The lowest BCUT2D eigenvalue weighted by atomic mass is 10.0. The van der Waals surface area contributed by atoms with Crippen LogP contribution in [0.25, 0.3) is 6.08 Å². The standard InChI is InChI=1S/C18H21N3O2/c1-13-9-16(20-19-13)10-15-11-21(12-17(15)22)18(23)8-7-14-5-3-2-4-6-14/h2-9,15,17,22H,10-12H2,1H3,(H,19,20)/b8-7+/t15-,17-/m1/s1. The van der Waals surface area contributed by atoms with Gasteiger partial charge in [0, 0.05) is 30.8 Å². The second kappa shape index (κ2) is 6.79. The molecule has 0 spiro atoms. The molecule has 0 bridgehead atoms. The summed E-state index contributed by atoms with van der Waals surface area (Å²) in [7, 11) is 0.